The number of aromatic nitrogens is 2. The third kappa shape index (κ3) is 5.86. The Labute approximate surface area is 179 Å². The molecular formula is C21H20N4O5S. The molecule has 160 valence electrons. The van der Waals surface area contributed by atoms with Gasteiger partial charge in [0.1, 0.15) is 5.75 Å². The van der Waals surface area contributed by atoms with E-state index in [0.717, 1.165) is 0 Å². The number of sulfonamides is 1. The lowest BCUT2D eigenvalue weighted by Gasteiger charge is -2.07. The van der Waals surface area contributed by atoms with Crippen molar-refractivity contribution in [1.29, 1.82) is 0 Å². The number of ketones is 1. The molecule has 0 bridgehead atoms. The van der Waals surface area contributed by atoms with Crippen LogP contribution in [0.15, 0.2) is 70.6 Å². The molecule has 0 amide bonds. The summed E-state index contributed by atoms with van der Waals surface area (Å²) < 4.78 is 37.2. The van der Waals surface area contributed by atoms with Crippen molar-refractivity contribution < 1.29 is 22.7 Å². The maximum Gasteiger partial charge on any atom is 0.263 e. The Bertz CT molecular complexity index is 1160. The number of hydrogen-bond donors (Lipinski definition) is 1. The van der Waals surface area contributed by atoms with Crippen LogP contribution in [0, 0.1) is 0 Å². The quantitative estimate of drug-likeness (QED) is 0.400. The molecule has 10 heteroatoms. The molecule has 0 fully saturated rings. The largest absolute Gasteiger partial charge is 0.497 e. The van der Waals surface area contributed by atoms with Crippen molar-refractivity contribution in [2.45, 2.75) is 11.3 Å². The van der Waals surface area contributed by atoms with E-state index in [2.05, 4.69) is 19.9 Å². The molecule has 3 aromatic rings. The Hall–Kier alpha value is -3.79. The summed E-state index contributed by atoms with van der Waals surface area (Å²) in [5, 5.41) is 7.46. The Morgan fingerprint density at radius 2 is 1.68 bits per heavy atom. The van der Waals surface area contributed by atoms with Gasteiger partial charge in [-0.3, -0.25) is 14.5 Å². The van der Waals surface area contributed by atoms with Crippen LogP contribution in [0.1, 0.15) is 16.8 Å². The van der Waals surface area contributed by atoms with E-state index in [1.165, 1.54) is 37.6 Å². The van der Waals surface area contributed by atoms with Crippen LogP contribution >= 0.6 is 0 Å². The zero-order valence-corrected chi connectivity index (χ0v) is 17.7. The number of carbonyl (C=O) groups excluding carboxylic acids is 1. The van der Waals surface area contributed by atoms with Gasteiger partial charge in [0.2, 0.25) is 5.88 Å². The van der Waals surface area contributed by atoms with Crippen molar-refractivity contribution in [3.63, 3.8) is 0 Å². The van der Waals surface area contributed by atoms with E-state index in [0.29, 0.717) is 17.0 Å². The number of ether oxygens (including phenoxy) is 2. The number of nitrogens with one attached hydrogen (secondary N) is 1. The number of Topliss-reactive ketones (excluding diaryl/α,β-unsaturated/α-hetero) is 1. The third-order valence-corrected chi connectivity index (χ3v) is 5.53. The molecule has 1 heterocycles. The van der Waals surface area contributed by atoms with E-state index in [4.69, 9.17) is 9.47 Å². The Balaban J connectivity index is 1.61. The molecule has 0 spiro atoms. The summed E-state index contributed by atoms with van der Waals surface area (Å²) in [7, 11) is -0.839. The lowest BCUT2D eigenvalue weighted by molar-refractivity contribution is 0.100. The molecule has 0 aliphatic heterocycles. The maximum absolute atomic E-state index is 12.5. The molecule has 0 saturated carbocycles. The van der Waals surface area contributed by atoms with Gasteiger partial charge < -0.3 is 9.47 Å². The smallest absolute Gasteiger partial charge is 0.263 e. The van der Waals surface area contributed by atoms with E-state index in [-0.39, 0.29) is 28.8 Å². The predicted molar refractivity (Wildman–Crippen MR) is 116 cm³/mol. The summed E-state index contributed by atoms with van der Waals surface area (Å²) in [5.41, 5.74) is 1.08. The van der Waals surface area contributed by atoms with Gasteiger partial charge in [-0.25, -0.2) is 8.42 Å². The first-order valence-electron chi connectivity index (χ1n) is 9.11. The maximum atomic E-state index is 12.5. The second kappa shape index (κ2) is 9.81. The fraction of sp³-hybridized carbons (Fsp3) is 0.143. The highest BCUT2D eigenvalue weighted by Gasteiger charge is 2.15. The SMILES string of the molecule is COc1ccc(C(=O)CC=Nc2ccc(S(=O)(=O)Nc3ccc(OC)nn3)cc2)cc1. The minimum Gasteiger partial charge on any atom is -0.497 e. The third-order valence-electron chi connectivity index (χ3n) is 4.16. The van der Waals surface area contributed by atoms with Crippen LogP contribution in [-0.2, 0) is 10.0 Å². The standard InChI is InChI=1S/C21H20N4O5S/c1-29-17-7-3-15(4-8-17)19(26)13-14-22-16-5-9-18(10-6-16)31(27,28)25-20-11-12-21(30-2)24-23-20/h3-12,14H,13H2,1-2H3,(H,23,25). The van der Waals surface area contributed by atoms with Gasteiger partial charge in [0.05, 0.1) is 24.8 Å². The van der Waals surface area contributed by atoms with Crippen molar-refractivity contribution in [3.8, 4) is 11.6 Å². The van der Waals surface area contributed by atoms with Gasteiger partial charge >= 0.3 is 0 Å². The number of anilines is 1. The number of nitrogens with zero attached hydrogens (tertiary/aromatic N) is 3. The minimum absolute atomic E-state index is 0.0402. The lowest BCUT2D eigenvalue weighted by atomic mass is 10.1. The minimum atomic E-state index is -3.83. The Morgan fingerprint density at radius 1 is 0.968 bits per heavy atom. The molecule has 3 rings (SSSR count). The van der Waals surface area contributed by atoms with Crippen molar-refractivity contribution in [3.05, 3.63) is 66.2 Å². The first-order valence-corrected chi connectivity index (χ1v) is 10.6. The molecule has 0 atom stereocenters. The number of benzene rings is 2. The van der Waals surface area contributed by atoms with E-state index in [9.17, 15) is 13.2 Å². The highest BCUT2D eigenvalue weighted by Crippen LogP contribution is 2.19. The highest BCUT2D eigenvalue weighted by atomic mass is 32.2. The molecule has 0 unspecified atom stereocenters. The topological polar surface area (TPSA) is 120 Å². The second-order valence-electron chi connectivity index (χ2n) is 6.23. The molecule has 1 N–H and O–H groups in total. The molecular weight excluding hydrogens is 420 g/mol. The fourth-order valence-corrected chi connectivity index (χ4v) is 3.52. The van der Waals surface area contributed by atoms with Crippen molar-refractivity contribution in [2.75, 3.05) is 18.9 Å². The monoisotopic (exact) mass is 440 g/mol. The molecule has 2 aromatic carbocycles. The Morgan fingerprint density at radius 3 is 2.26 bits per heavy atom. The van der Waals surface area contributed by atoms with Crippen LogP contribution in [0.2, 0.25) is 0 Å². The number of aliphatic imine (C=N–C) groups is 1. The summed E-state index contributed by atoms with van der Waals surface area (Å²) in [6.45, 7) is 0. The van der Waals surface area contributed by atoms with Crippen molar-refractivity contribution in [1.82, 2.24) is 10.2 Å². The van der Waals surface area contributed by atoms with Gasteiger partial charge in [-0.1, -0.05) is 0 Å². The van der Waals surface area contributed by atoms with Gasteiger partial charge in [0.25, 0.3) is 10.0 Å². The van der Waals surface area contributed by atoms with Gasteiger partial charge in [0.15, 0.2) is 11.6 Å². The van der Waals surface area contributed by atoms with Crippen LogP contribution in [0.3, 0.4) is 0 Å². The number of hydrogen-bond acceptors (Lipinski definition) is 8. The van der Waals surface area contributed by atoms with Crippen LogP contribution in [0.4, 0.5) is 11.5 Å². The Kier molecular flexibility index (Phi) is 6.93. The van der Waals surface area contributed by atoms with Crippen LogP contribution in [0.5, 0.6) is 11.6 Å². The van der Waals surface area contributed by atoms with Crippen LogP contribution in [0.25, 0.3) is 0 Å². The summed E-state index contributed by atoms with van der Waals surface area (Å²) in [4.78, 5) is 16.4. The summed E-state index contributed by atoms with van der Waals surface area (Å²) in [6, 6.07) is 15.7. The molecule has 0 saturated heterocycles. The van der Waals surface area contributed by atoms with Crippen molar-refractivity contribution in [2.24, 2.45) is 4.99 Å². The van der Waals surface area contributed by atoms with Gasteiger partial charge in [-0.2, -0.15) is 0 Å². The van der Waals surface area contributed by atoms with Crippen LogP contribution in [-0.4, -0.2) is 44.8 Å². The average Bonchev–Trinajstić information content (AvgIpc) is 2.79. The molecule has 1 aromatic heterocycles. The zero-order valence-electron chi connectivity index (χ0n) is 16.8. The lowest BCUT2D eigenvalue weighted by Crippen LogP contribution is -2.14. The highest BCUT2D eigenvalue weighted by molar-refractivity contribution is 7.92. The van der Waals surface area contributed by atoms with E-state index < -0.39 is 10.0 Å². The molecule has 31 heavy (non-hydrogen) atoms. The van der Waals surface area contributed by atoms with Gasteiger partial charge in [-0.15, -0.1) is 10.2 Å². The fourth-order valence-electron chi connectivity index (χ4n) is 2.52. The average molecular weight is 440 g/mol. The molecule has 0 aliphatic rings. The summed E-state index contributed by atoms with van der Waals surface area (Å²) >= 11 is 0. The number of carbonyl (C=O) groups is 1. The molecule has 0 radical (unpaired) electrons. The van der Waals surface area contributed by atoms with E-state index >= 15 is 0 Å². The van der Waals surface area contributed by atoms with Gasteiger partial charge in [0, 0.05) is 24.3 Å². The van der Waals surface area contributed by atoms with Crippen molar-refractivity contribution >= 4 is 33.5 Å². The normalized spacial score (nSPS) is 11.3. The van der Waals surface area contributed by atoms with Crippen LogP contribution < -0.4 is 14.2 Å². The van der Waals surface area contributed by atoms with E-state index in [1.54, 1.807) is 43.5 Å². The molecule has 9 nitrogen and oxygen atoms in total. The van der Waals surface area contributed by atoms with E-state index in [1.807, 2.05) is 0 Å². The number of rotatable bonds is 9. The van der Waals surface area contributed by atoms with Gasteiger partial charge in [-0.05, 0) is 54.6 Å². The number of methoxy groups -OCH3 is 2. The first-order chi connectivity index (χ1) is 14.9. The zero-order chi connectivity index (χ0) is 22.3. The molecule has 0 aliphatic carbocycles. The second-order valence-corrected chi connectivity index (χ2v) is 7.91. The first kappa shape index (κ1) is 21.9. The summed E-state index contributed by atoms with van der Waals surface area (Å²) in [6.07, 6.45) is 1.60. The predicted octanol–water partition coefficient (Wildman–Crippen LogP) is 3.27. The summed E-state index contributed by atoms with van der Waals surface area (Å²) in [5.74, 6) is 0.930.